The van der Waals surface area contributed by atoms with Crippen molar-refractivity contribution in [3.8, 4) is 11.5 Å². The number of carbonyl (C=O) groups is 1. The van der Waals surface area contributed by atoms with E-state index < -0.39 is 6.10 Å². The first-order valence-corrected chi connectivity index (χ1v) is 10.1. The maximum absolute atomic E-state index is 12.3. The largest absolute Gasteiger partial charge is 0.493 e. The van der Waals surface area contributed by atoms with Gasteiger partial charge in [-0.2, -0.15) is 0 Å². The van der Waals surface area contributed by atoms with Crippen molar-refractivity contribution in [3.63, 3.8) is 0 Å². The molecule has 2 amide bonds. The minimum Gasteiger partial charge on any atom is -0.493 e. The maximum atomic E-state index is 12.3. The third-order valence-electron chi connectivity index (χ3n) is 5.58. The molecule has 0 radical (unpaired) electrons. The fraction of sp³-hybridized carbons (Fsp3) is 0.636. The molecule has 3 N–H and O–H groups in total. The summed E-state index contributed by atoms with van der Waals surface area (Å²) in [6.07, 6.45) is 3.26. The van der Waals surface area contributed by atoms with Gasteiger partial charge in [0.05, 0.1) is 26.4 Å². The van der Waals surface area contributed by atoms with Crippen LogP contribution in [0.2, 0.25) is 0 Å². The van der Waals surface area contributed by atoms with Crippen LogP contribution < -0.4 is 20.1 Å². The van der Waals surface area contributed by atoms with E-state index in [4.69, 9.17) is 9.47 Å². The Labute approximate surface area is 178 Å². The summed E-state index contributed by atoms with van der Waals surface area (Å²) in [5, 5.41) is 16.0. The number of ether oxygens (including phenoxy) is 2. The van der Waals surface area contributed by atoms with Crippen LogP contribution in [0.15, 0.2) is 23.2 Å². The molecule has 1 aromatic carbocycles. The summed E-state index contributed by atoms with van der Waals surface area (Å²) in [6.45, 7) is 6.91. The van der Waals surface area contributed by atoms with Gasteiger partial charge >= 0.3 is 6.03 Å². The van der Waals surface area contributed by atoms with E-state index in [1.54, 1.807) is 31.4 Å². The van der Waals surface area contributed by atoms with E-state index in [1.807, 2.05) is 0 Å². The van der Waals surface area contributed by atoms with Gasteiger partial charge in [0.1, 0.15) is 0 Å². The molecule has 2 rings (SSSR count). The van der Waals surface area contributed by atoms with E-state index in [2.05, 4.69) is 36.4 Å². The first-order valence-electron chi connectivity index (χ1n) is 10.1. The molecule has 0 heterocycles. The zero-order chi connectivity index (χ0) is 22.4. The highest BCUT2D eigenvalue weighted by Crippen LogP contribution is 2.46. The summed E-state index contributed by atoms with van der Waals surface area (Å²) in [7, 11) is 3.07. The zero-order valence-corrected chi connectivity index (χ0v) is 18.4. The highest BCUT2D eigenvalue weighted by atomic mass is 16.5. The summed E-state index contributed by atoms with van der Waals surface area (Å²) in [5.74, 6) is 1.08. The quantitative estimate of drug-likeness (QED) is 0.443. The standard InChI is InChI=1S/C22H33N3O5/c1-21(2)9-16(25-14-26)10-22(3,12-21)13-24-20(28)23-11-17(27)15-6-7-18(29-4)19(8-15)30-5/h6-8,16-17,27H,9-13H2,1-5H3,(H2,23,24,28). The first kappa shape index (κ1) is 23.7. The van der Waals surface area contributed by atoms with Gasteiger partial charge < -0.3 is 25.2 Å². The third-order valence-corrected chi connectivity index (χ3v) is 5.58. The lowest BCUT2D eigenvalue weighted by Gasteiger charge is -2.45. The average molecular weight is 420 g/mol. The van der Waals surface area contributed by atoms with Crippen LogP contribution in [-0.2, 0) is 4.79 Å². The molecule has 3 unspecified atom stereocenters. The van der Waals surface area contributed by atoms with Crippen LogP contribution in [0.5, 0.6) is 11.5 Å². The van der Waals surface area contributed by atoms with Gasteiger partial charge in [-0.25, -0.2) is 14.6 Å². The molecule has 8 nitrogen and oxygen atoms in total. The predicted octanol–water partition coefficient (Wildman–Crippen LogP) is 2.96. The number of hydrogen-bond donors (Lipinski definition) is 3. The molecule has 1 aliphatic rings. The Balaban J connectivity index is 1.89. The van der Waals surface area contributed by atoms with Crippen molar-refractivity contribution in [1.82, 2.24) is 10.6 Å². The molecule has 1 aliphatic carbocycles. The number of hydrogen-bond acceptors (Lipinski definition) is 6. The fourth-order valence-electron chi connectivity index (χ4n) is 4.60. The molecule has 0 spiro atoms. The molecule has 8 heteroatoms. The predicted molar refractivity (Wildman–Crippen MR) is 114 cm³/mol. The monoisotopic (exact) mass is 419 g/mol. The number of aliphatic hydroxyl groups excluding tert-OH is 1. The Morgan fingerprint density at radius 3 is 2.57 bits per heavy atom. The molecule has 0 bridgehead atoms. The van der Waals surface area contributed by atoms with Crippen LogP contribution in [0.4, 0.5) is 4.79 Å². The van der Waals surface area contributed by atoms with E-state index in [0.717, 1.165) is 19.3 Å². The van der Waals surface area contributed by atoms with Crippen molar-refractivity contribution in [2.75, 3.05) is 27.3 Å². The third kappa shape index (κ3) is 6.47. The lowest BCUT2D eigenvalue weighted by atomic mass is 9.63. The molecule has 1 fully saturated rings. The molecule has 0 aliphatic heterocycles. The van der Waals surface area contributed by atoms with Gasteiger partial charge in [0.2, 0.25) is 6.08 Å². The lowest BCUT2D eigenvalue weighted by molar-refractivity contribution is 0.0848. The molecule has 30 heavy (non-hydrogen) atoms. The normalized spacial score (nSPS) is 23.6. The Morgan fingerprint density at radius 2 is 1.93 bits per heavy atom. The second kappa shape index (κ2) is 9.96. The number of methoxy groups -OCH3 is 2. The number of nitrogens with zero attached hydrogens (tertiary/aromatic N) is 1. The molecule has 1 aromatic rings. The average Bonchev–Trinajstić information content (AvgIpc) is 2.68. The van der Waals surface area contributed by atoms with Gasteiger partial charge in [0, 0.05) is 13.1 Å². The minimum absolute atomic E-state index is 0.0276. The molecular formula is C22H33N3O5. The van der Waals surface area contributed by atoms with Gasteiger partial charge in [-0.1, -0.05) is 26.8 Å². The van der Waals surface area contributed by atoms with Gasteiger partial charge in [0.25, 0.3) is 0 Å². The SMILES string of the molecule is COc1ccc(C(O)CNC(=O)NCC2(C)CC(N=C=O)CC(C)(C)C2)cc1OC. The second-order valence-corrected chi connectivity index (χ2v) is 9.13. The molecule has 1 saturated carbocycles. The number of rotatable bonds is 8. The van der Waals surface area contributed by atoms with Gasteiger partial charge in [-0.05, 0) is 47.8 Å². The number of carbonyl (C=O) groups excluding carboxylic acids is 2. The van der Waals surface area contributed by atoms with Crippen LogP contribution in [0.3, 0.4) is 0 Å². The van der Waals surface area contributed by atoms with Crippen LogP contribution in [0.25, 0.3) is 0 Å². The van der Waals surface area contributed by atoms with E-state index in [0.29, 0.717) is 23.6 Å². The van der Waals surface area contributed by atoms with Crippen LogP contribution in [0.1, 0.15) is 51.7 Å². The number of amides is 2. The van der Waals surface area contributed by atoms with Crippen LogP contribution in [0, 0.1) is 10.8 Å². The number of nitrogens with one attached hydrogen (secondary N) is 2. The summed E-state index contributed by atoms with van der Waals surface area (Å²) < 4.78 is 10.4. The number of benzene rings is 1. The maximum Gasteiger partial charge on any atom is 0.314 e. The van der Waals surface area contributed by atoms with Crippen molar-refractivity contribution >= 4 is 12.1 Å². The Hall–Kier alpha value is -2.57. The van der Waals surface area contributed by atoms with Gasteiger partial charge in [-0.3, -0.25) is 0 Å². The van der Waals surface area contributed by atoms with E-state index in [1.165, 1.54) is 7.11 Å². The van der Waals surface area contributed by atoms with Crippen LogP contribution in [-0.4, -0.2) is 50.6 Å². The fourth-order valence-corrected chi connectivity index (χ4v) is 4.60. The highest BCUT2D eigenvalue weighted by molar-refractivity contribution is 5.73. The molecule has 3 atom stereocenters. The Kier molecular flexibility index (Phi) is 7.87. The lowest BCUT2D eigenvalue weighted by Crippen LogP contribution is -2.47. The molecular weight excluding hydrogens is 386 g/mol. The number of isocyanates is 1. The number of aliphatic hydroxyl groups is 1. The zero-order valence-electron chi connectivity index (χ0n) is 18.4. The van der Waals surface area contributed by atoms with Gasteiger partial charge in [0.15, 0.2) is 11.5 Å². The van der Waals surface area contributed by atoms with E-state index >= 15 is 0 Å². The first-order chi connectivity index (χ1) is 14.1. The number of urea groups is 1. The van der Waals surface area contributed by atoms with Crippen molar-refractivity contribution < 1.29 is 24.2 Å². The van der Waals surface area contributed by atoms with E-state index in [-0.39, 0.29) is 29.4 Å². The smallest absolute Gasteiger partial charge is 0.314 e. The summed E-state index contributed by atoms with van der Waals surface area (Å²) in [5.41, 5.74) is 0.467. The Morgan fingerprint density at radius 1 is 1.23 bits per heavy atom. The van der Waals surface area contributed by atoms with Crippen molar-refractivity contribution in [2.45, 2.75) is 52.2 Å². The number of aliphatic imine (C=N–C) groups is 1. The summed E-state index contributed by atoms with van der Waals surface area (Å²) >= 11 is 0. The van der Waals surface area contributed by atoms with Crippen LogP contribution >= 0.6 is 0 Å². The van der Waals surface area contributed by atoms with Crippen molar-refractivity contribution in [3.05, 3.63) is 23.8 Å². The molecule has 166 valence electrons. The second-order valence-electron chi connectivity index (χ2n) is 9.13. The van der Waals surface area contributed by atoms with E-state index in [9.17, 15) is 14.7 Å². The summed E-state index contributed by atoms with van der Waals surface area (Å²) in [4.78, 5) is 26.9. The molecule has 0 aromatic heterocycles. The highest BCUT2D eigenvalue weighted by Gasteiger charge is 2.41. The van der Waals surface area contributed by atoms with Crippen molar-refractivity contribution in [1.29, 1.82) is 0 Å². The van der Waals surface area contributed by atoms with Gasteiger partial charge in [-0.15, -0.1) is 0 Å². The Bertz CT molecular complexity index is 791. The van der Waals surface area contributed by atoms with Crippen molar-refractivity contribution in [2.24, 2.45) is 15.8 Å². The topological polar surface area (TPSA) is 109 Å². The minimum atomic E-state index is -0.883. The molecule has 0 saturated heterocycles. The summed E-state index contributed by atoms with van der Waals surface area (Å²) in [6, 6.07) is 4.69.